The number of carboxylic acid groups (broad SMARTS) is 1. The van der Waals surface area contributed by atoms with Gasteiger partial charge in [0.1, 0.15) is 23.8 Å². The molecule has 0 saturated carbocycles. The van der Waals surface area contributed by atoms with E-state index in [-0.39, 0.29) is 31.5 Å². The quantitative estimate of drug-likeness (QED) is 0.506. The number of nitrogens with zero attached hydrogens (tertiary/aromatic N) is 2. The highest BCUT2D eigenvalue weighted by Gasteiger charge is 2.34. The fraction of sp³-hybridized carbons (Fsp3) is 0.458. The Balaban J connectivity index is 1.56. The summed E-state index contributed by atoms with van der Waals surface area (Å²) in [5.74, 6) is -0.408. The van der Waals surface area contributed by atoms with Crippen molar-refractivity contribution in [3.8, 4) is 5.75 Å². The Morgan fingerprint density at radius 1 is 1.24 bits per heavy atom. The van der Waals surface area contributed by atoms with Crippen LogP contribution in [0.4, 0.5) is 9.18 Å². The first-order chi connectivity index (χ1) is 15.7. The number of halogens is 2. The molecule has 1 aliphatic rings. The van der Waals surface area contributed by atoms with Crippen LogP contribution in [0.2, 0.25) is 5.02 Å². The van der Waals surface area contributed by atoms with E-state index in [1.807, 2.05) is 24.3 Å². The second-order valence-electron chi connectivity index (χ2n) is 8.74. The minimum absolute atomic E-state index is 0.121. The number of rotatable bonds is 9. The molecular weight excluding hydrogens is 451 g/mol. The fourth-order valence-electron chi connectivity index (χ4n) is 4.03. The normalized spacial score (nSPS) is 16.9. The molecule has 3 N–H and O–H groups in total. The minimum Gasteiger partial charge on any atom is -0.490 e. The van der Waals surface area contributed by atoms with Crippen molar-refractivity contribution in [2.75, 3.05) is 26.2 Å². The van der Waals surface area contributed by atoms with E-state index in [9.17, 15) is 24.5 Å². The summed E-state index contributed by atoms with van der Waals surface area (Å²) in [7, 11) is 0. The number of ether oxygens (including phenoxy) is 1. The van der Waals surface area contributed by atoms with Crippen LogP contribution in [0, 0.1) is 5.82 Å². The summed E-state index contributed by atoms with van der Waals surface area (Å²) in [6, 6.07) is 11.2. The third-order valence-electron chi connectivity index (χ3n) is 5.81. The van der Waals surface area contributed by atoms with E-state index >= 15 is 0 Å². The van der Waals surface area contributed by atoms with Crippen LogP contribution in [-0.2, 0) is 13.2 Å². The molecular formula is C24H30ClFN2O5. The molecule has 1 saturated heterocycles. The molecule has 0 aliphatic carbocycles. The first-order valence-corrected chi connectivity index (χ1v) is 11.3. The Morgan fingerprint density at radius 2 is 1.91 bits per heavy atom. The van der Waals surface area contributed by atoms with Gasteiger partial charge in [-0.2, -0.15) is 0 Å². The Labute approximate surface area is 198 Å². The number of hydrogen-bond acceptors (Lipinski definition) is 5. The maximum atomic E-state index is 13.5. The number of piperidine rings is 1. The summed E-state index contributed by atoms with van der Waals surface area (Å²) < 4.78 is 19.1. The van der Waals surface area contributed by atoms with Crippen molar-refractivity contribution in [2.45, 2.75) is 44.6 Å². The van der Waals surface area contributed by atoms with Crippen molar-refractivity contribution < 1.29 is 29.2 Å². The van der Waals surface area contributed by atoms with E-state index < -0.39 is 17.5 Å². The highest BCUT2D eigenvalue weighted by Crippen LogP contribution is 2.24. The molecule has 0 spiro atoms. The summed E-state index contributed by atoms with van der Waals surface area (Å²) in [6.07, 6.45) is 0.193. The lowest BCUT2D eigenvalue weighted by Gasteiger charge is -2.39. The summed E-state index contributed by atoms with van der Waals surface area (Å²) in [5.41, 5.74) is 0.0284. The molecule has 180 valence electrons. The van der Waals surface area contributed by atoms with Crippen molar-refractivity contribution in [2.24, 2.45) is 0 Å². The van der Waals surface area contributed by atoms with Gasteiger partial charge in [-0.05, 0) is 43.5 Å². The van der Waals surface area contributed by atoms with Crippen LogP contribution in [0.3, 0.4) is 0 Å². The van der Waals surface area contributed by atoms with Gasteiger partial charge in [0.05, 0.1) is 13.2 Å². The van der Waals surface area contributed by atoms with Crippen LogP contribution in [0.25, 0.3) is 0 Å². The van der Waals surface area contributed by atoms with Gasteiger partial charge in [-0.1, -0.05) is 29.8 Å². The van der Waals surface area contributed by atoms with Gasteiger partial charge in [-0.3, -0.25) is 4.90 Å². The molecule has 3 rings (SSSR count). The third kappa shape index (κ3) is 7.30. The molecule has 1 atom stereocenters. The van der Waals surface area contributed by atoms with Gasteiger partial charge in [-0.15, -0.1) is 0 Å². The van der Waals surface area contributed by atoms with Gasteiger partial charge in [0.25, 0.3) is 0 Å². The number of hydrogen-bond donors (Lipinski definition) is 3. The highest BCUT2D eigenvalue weighted by atomic mass is 35.5. The molecule has 0 bridgehead atoms. The molecule has 1 aliphatic heterocycles. The van der Waals surface area contributed by atoms with Crippen molar-refractivity contribution in [3.05, 3.63) is 64.4 Å². The number of carbonyl (C=O) groups is 1. The average molecular weight is 481 g/mol. The van der Waals surface area contributed by atoms with Crippen molar-refractivity contribution in [3.63, 3.8) is 0 Å². The Bertz CT molecular complexity index is 933. The predicted octanol–water partition coefficient (Wildman–Crippen LogP) is 3.75. The van der Waals surface area contributed by atoms with Gasteiger partial charge in [0.15, 0.2) is 0 Å². The monoisotopic (exact) mass is 480 g/mol. The standard InChI is InChI=1S/C24H30ClFN2O5/c1-24(32,16-33-22-12-20(26)7-4-18(22)14-29)15-28(23(30)31)21-8-10-27(11-9-21)13-17-2-5-19(25)6-3-17/h2-7,12,21,29,32H,8-11,13-16H2,1H3,(H,30,31)/t24-/m0/s1. The molecule has 9 heteroatoms. The van der Waals surface area contributed by atoms with Crippen LogP contribution >= 0.6 is 11.6 Å². The zero-order chi connectivity index (χ0) is 24.0. The van der Waals surface area contributed by atoms with Crippen LogP contribution < -0.4 is 4.74 Å². The Kier molecular flexibility index (Phi) is 8.53. The summed E-state index contributed by atoms with van der Waals surface area (Å²) in [4.78, 5) is 15.5. The van der Waals surface area contributed by atoms with Crippen LogP contribution in [0.15, 0.2) is 42.5 Å². The minimum atomic E-state index is -1.50. The first-order valence-electron chi connectivity index (χ1n) is 10.9. The number of aliphatic hydroxyl groups is 2. The van der Waals surface area contributed by atoms with E-state index in [0.717, 1.165) is 31.3 Å². The summed E-state index contributed by atoms with van der Waals surface area (Å²) in [5, 5.41) is 30.7. The van der Waals surface area contributed by atoms with Crippen LogP contribution in [0.5, 0.6) is 5.75 Å². The second kappa shape index (κ2) is 11.2. The van der Waals surface area contributed by atoms with Gasteiger partial charge in [0, 0.05) is 42.3 Å². The number of aliphatic hydroxyl groups excluding tert-OH is 1. The van der Waals surface area contributed by atoms with Gasteiger partial charge >= 0.3 is 6.09 Å². The lowest BCUT2D eigenvalue weighted by molar-refractivity contribution is -0.0287. The van der Waals surface area contributed by atoms with Crippen LogP contribution in [0.1, 0.15) is 30.9 Å². The molecule has 0 unspecified atom stereocenters. The topological polar surface area (TPSA) is 93.5 Å². The predicted molar refractivity (Wildman–Crippen MR) is 123 cm³/mol. The molecule has 1 heterocycles. The zero-order valence-electron chi connectivity index (χ0n) is 18.6. The van der Waals surface area contributed by atoms with E-state index in [1.54, 1.807) is 0 Å². The van der Waals surface area contributed by atoms with E-state index in [0.29, 0.717) is 23.4 Å². The Morgan fingerprint density at radius 3 is 2.52 bits per heavy atom. The van der Waals surface area contributed by atoms with Crippen molar-refractivity contribution in [1.82, 2.24) is 9.80 Å². The highest BCUT2D eigenvalue weighted by molar-refractivity contribution is 6.30. The second-order valence-corrected chi connectivity index (χ2v) is 9.18. The first kappa shape index (κ1) is 25.2. The van der Waals surface area contributed by atoms with Gasteiger partial charge in [-0.25, -0.2) is 9.18 Å². The van der Waals surface area contributed by atoms with E-state index in [1.165, 1.54) is 24.0 Å². The fourth-order valence-corrected chi connectivity index (χ4v) is 4.16. The molecule has 0 aromatic heterocycles. The van der Waals surface area contributed by atoms with Crippen molar-refractivity contribution in [1.29, 1.82) is 0 Å². The third-order valence-corrected chi connectivity index (χ3v) is 6.06. The van der Waals surface area contributed by atoms with E-state index in [2.05, 4.69) is 4.90 Å². The molecule has 1 amide bonds. The molecule has 7 nitrogen and oxygen atoms in total. The van der Waals surface area contributed by atoms with Gasteiger partial charge < -0.3 is 25.0 Å². The summed E-state index contributed by atoms with van der Waals surface area (Å²) >= 11 is 5.94. The lowest BCUT2D eigenvalue weighted by atomic mass is 10.00. The molecule has 1 fully saturated rings. The summed E-state index contributed by atoms with van der Waals surface area (Å²) in [6.45, 7) is 2.99. The molecule has 0 radical (unpaired) electrons. The van der Waals surface area contributed by atoms with E-state index in [4.69, 9.17) is 16.3 Å². The molecule has 2 aromatic carbocycles. The Hall–Kier alpha value is -2.39. The van der Waals surface area contributed by atoms with Crippen LogP contribution in [-0.4, -0.2) is 69.1 Å². The zero-order valence-corrected chi connectivity index (χ0v) is 19.3. The number of likely N-dealkylation sites (tertiary alicyclic amines) is 1. The smallest absolute Gasteiger partial charge is 0.407 e. The number of amides is 1. The largest absolute Gasteiger partial charge is 0.490 e. The average Bonchev–Trinajstić information content (AvgIpc) is 2.78. The van der Waals surface area contributed by atoms with Gasteiger partial charge in [0.2, 0.25) is 0 Å². The maximum absolute atomic E-state index is 13.5. The SMILES string of the molecule is C[C@@](O)(COc1cc(F)ccc1CO)CN(C(=O)O)C1CCN(Cc2ccc(Cl)cc2)CC1. The molecule has 33 heavy (non-hydrogen) atoms. The number of benzene rings is 2. The van der Waals surface area contributed by atoms with Crippen molar-refractivity contribution >= 4 is 17.7 Å². The molecule has 2 aromatic rings. The lowest BCUT2D eigenvalue weighted by Crippen LogP contribution is -2.53. The maximum Gasteiger partial charge on any atom is 0.407 e.